The Labute approximate surface area is 172 Å². The van der Waals surface area contributed by atoms with Crippen molar-refractivity contribution in [3.8, 4) is 0 Å². The van der Waals surface area contributed by atoms with E-state index in [1.165, 1.54) is 12.1 Å². The quantitative estimate of drug-likeness (QED) is 0.207. The van der Waals surface area contributed by atoms with Crippen LogP contribution in [0.2, 0.25) is 10.0 Å². The zero-order valence-corrected chi connectivity index (χ0v) is 17.1. The van der Waals surface area contributed by atoms with Gasteiger partial charge in [0.2, 0.25) is 0 Å². The van der Waals surface area contributed by atoms with Crippen molar-refractivity contribution in [2.75, 3.05) is 0 Å². The molecule has 0 amide bonds. The molecule has 0 aliphatic carbocycles. The summed E-state index contributed by atoms with van der Waals surface area (Å²) >= 11 is 12.0. The number of nitro groups is 1. The monoisotopic (exact) mass is 494 g/mol. The predicted octanol–water partition coefficient (Wildman–Crippen LogP) is 4.69. The summed E-state index contributed by atoms with van der Waals surface area (Å²) in [7, 11) is 0. The lowest BCUT2D eigenvalue weighted by molar-refractivity contribution is -0.384. The van der Waals surface area contributed by atoms with Gasteiger partial charge in [0.15, 0.2) is 5.96 Å². The number of nitrogens with zero attached hydrogens (tertiary/aromatic N) is 2. The van der Waals surface area contributed by atoms with Crippen molar-refractivity contribution in [3.05, 3.63) is 73.8 Å². The van der Waals surface area contributed by atoms with Gasteiger partial charge in [-0.1, -0.05) is 41.4 Å². The first-order valence-electron chi connectivity index (χ1n) is 7.11. The van der Waals surface area contributed by atoms with Crippen LogP contribution < -0.4 is 11.1 Å². The first-order chi connectivity index (χ1) is 11.4. The third kappa shape index (κ3) is 6.33. The molecule has 0 radical (unpaired) electrons. The Morgan fingerprint density at radius 3 is 2.68 bits per heavy atom. The number of hydrogen-bond acceptors (Lipinski definition) is 3. The summed E-state index contributed by atoms with van der Waals surface area (Å²) in [6.45, 7) is 2.13. The van der Waals surface area contributed by atoms with Gasteiger partial charge >= 0.3 is 0 Å². The highest BCUT2D eigenvalue weighted by Crippen LogP contribution is 2.25. The van der Waals surface area contributed by atoms with Gasteiger partial charge in [0.25, 0.3) is 5.69 Å². The molecular formula is C16H17Cl2IN4O2. The molecule has 1 atom stereocenters. The van der Waals surface area contributed by atoms with E-state index in [1.807, 2.05) is 13.0 Å². The number of halogens is 3. The number of nitrogens with two attached hydrogens (primary N) is 1. The molecule has 3 N–H and O–H groups in total. The van der Waals surface area contributed by atoms with Crippen LogP contribution in [0.5, 0.6) is 0 Å². The van der Waals surface area contributed by atoms with Crippen LogP contribution in [0.25, 0.3) is 0 Å². The molecule has 6 nitrogen and oxygen atoms in total. The van der Waals surface area contributed by atoms with Gasteiger partial charge < -0.3 is 11.1 Å². The van der Waals surface area contributed by atoms with E-state index >= 15 is 0 Å². The Balaban J connectivity index is 0.00000312. The van der Waals surface area contributed by atoms with Gasteiger partial charge in [-0.05, 0) is 30.2 Å². The lowest BCUT2D eigenvalue weighted by atomic mass is 10.1. The lowest BCUT2D eigenvalue weighted by Gasteiger charge is -2.16. The molecule has 0 heterocycles. The molecule has 2 rings (SSSR count). The zero-order valence-electron chi connectivity index (χ0n) is 13.3. The maximum absolute atomic E-state index is 10.8. The smallest absolute Gasteiger partial charge is 0.269 e. The van der Waals surface area contributed by atoms with E-state index < -0.39 is 4.92 Å². The Morgan fingerprint density at radius 1 is 1.32 bits per heavy atom. The van der Waals surface area contributed by atoms with Gasteiger partial charge in [-0.15, -0.1) is 24.0 Å². The fourth-order valence-electron chi connectivity index (χ4n) is 2.14. The van der Waals surface area contributed by atoms with Crippen LogP contribution in [0.4, 0.5) is 5.69 Å². The minimum absolute atomic E-state index is 0. The van der Waals surface area contributed by atoms with Crippen LogP contribution in [-0.2, 0) is 6.54 Å². The Bertz CT molecular complexity index is 786. The molecule has 25 heavy (non-hydrogen) atoms. The maximum atomic E-state index is 10.8. The second-order valence-electron chi connectivity index (χ2n) is 5.16. The third-order valence-corrected chi connectivity index (χ3v) is 3.91. The van der Waals surface area contributed by atoms with Crippen LogP contribution in [0.3, 0.4) is 0 Å². The summed E-state index contributed by atoms with van der Waals surface area (Å²) in [6, 6.07) is 11.3. The number of nitrogens with one attached hydrogen (secondary N) is 1. The van der Waals surface area contributed by atoms with Crippen molar-refractivity contribution in [3.63, 3.8) is 0 Å². The predicted molar refractivity (Wildman–Crippen MR) is 112 cm³/mol. The van der Waals surface area contributed by atoms with Gasteiger partial charge in [0.05, 0.1) is 17.5 Å². The number of hydrogen-bond donors (Lipinski definition) is 2. The molecule has 0 aliphatic rings. The lowest BCUT2D eigenvalue weighted by Crippen LogP contribution is -2.34. The average molecular weight is 495 g/mol. The molecule has 1 unspecified atom stereocenters. The molecule has 0 saturated heterocycles. The van der Waals surface area contributed by atoms with Crippen molar-refractivity contribution in [1.29, 1.82) is 0 Å². The Morgan fingerprint density at radius 2 is 2.04 bits per heavy atom. The van der Waals surface area contributed by atoms with Crippen LogP contribution >= 0.6 is 47.2 Å². The molecule has 0 fully saturated rings. The highest BCUT2D eigenvalue weighted by Gasteiger charge is 2.11. The molecule has 0 bridgehead atoms. The average Bonchev–Trinajstić information content (AvgIpc) is 2.53. The molecule has 0 saturated carbocycles. The Kier molecular flexibility index (Phi) is 8.40. The van der Waals surface area contributed by atoms with E-state index in [1.54, 1.807) is 24.3 Å². The van der Waals surface area contributed by atoms with Crippen molar-refractivity contribution in [2.24, 2.45) is 10.7 Å². The molecule has 2 aromatic carbocycles. The van der Waals surface area contributed by atoms with Gasteiger partial charge in [-0.25, -0.2) is 4.99 Å². The number of non-ortho nitro benzene ring substituents is 1. The molecular weight excluding hydrogens is 478 g/mol. The number of aliphatic imine (C=N–C) groups is 1. The summed E-state index contributed by atoms with van der Waals surface area (Å²) in [5.41, 5.74) is 7.44. The van der Waals surface area contributed by atoms with Gasteiger partial charge in [-0.3, -0.25) is 10.1 Å². The van der Waals surface area contributed by atoms with Gasteiger partial charge in [0, 0.05) is 22.2 Å². The summed E-state index contributed by atoms with van der Waals surface area (Å²) in [4.78, 5) is 14.5. The summed E-state index contributed by atoms with van der Waals surface area (Å²) in [5, 5.41) is 14.9. The van der Waals surface area contributed by atoms with Crippen molar-refractivity contribution in [1.82, 2.24) is 5.32 Å². The maximum Gasteiger partial charge on any atom is 0.269 e. The van der Waals surface area contributed by atoms with E-state index in [2.05, 4.69) is 10.3 Å². The topological polar surface area (TPSA) is 93.5 Å². The van der Waals surface area contributed by atoms with E-state index in [0.717, 1.165) is 5.56 Å². The normalized spacial score (nSPS) is 12.2. The van der Waals surface area contributed by atoms with Gasteiger partial charge in [0.1, 0.15) is 0 Å². The SMILES string of the molecule is CC(NC(N)=NCc1cccc([N+](=O)[O-])c1)c1ccc(Cl)cc1Cl.I. The van der Waals surface area contributed by atoms with Crippen LogP contribution in [-0.4, -0.2) is 10.9 Å². The molecule has 134 valence electrons. The summed E-state index contributed by atoms with van der Waals surface area (Å²) < 4.78 is 0. The largest absolute Gasteiger partial charge is 0.370 e. The number of guanidine groups is 1. The summed E-state index contributed by atoms with van der Waals surface area (Å²) in [5.74, 6) is 0.222. The van der Waals surface area contributed by atoms with Crippen molar-refractivity contribution in [2.45, 2.75) is 19.5 Å². The molecule has 0 spiro atoms. The number of rotatable bonds is 5. The van der Waals surface area contributed by atoms with Gasteiger partial charge in [-0.2, -0.15) is 0 Å². The molecule has 0 aromatic heterocycles. The molecule has 0 aliphatic heterocycles. The van der Waals surface area contributed by atoms with Crippen LogP contribution in [0, 0.1) is 10.1 Å². The van der Waals surface area contributed by atoms with Crippen molar-refractivity contribution < 1.29 is 4.92 Å². The minimum atomic E-state index is -0.445. The second-order valence-corrected chi connectivity index (χ2v) is 6.00. The highest BCUT2D eigenvalue weighted by molar-refractivity contribution is 14.0. The number of benzene rings is 2. The molecule has 9 heteroatoms. The fourth-order valence-corrected chi connectivity index (χ4v) is 2.71. The van der Waals surface area contributed by atoms with Crippen LogP contribution in [0.15, 0.2) is 47.5 Å². The third-order valence-electron chi connectivity index (χ3n) is 3.35. The zero-order chi connectivity index (χ0) is 17.7. The van der Waals surface area contributed by atoms with E-state index in [-0.39, 0.29) is 48.2 Å². The van der Waals surface area contributed by atoms with Crippen LogP contribution in [0.1, 0.15) is 24.1 Å². The highest BCUT2D eigenvalue weighted by atomic mass is 127. The fraction of sp³-hybridized carbons (Fsp3) is 0.188. The standard InChI is InChI=1S/C16H16Cl2N4O2.HI/c1-10(14-6-5-12(17)8-15(14)18)21-16(19)20-9-11-3-2-4-13(7-11)22(23)24;/h2-8,10H,9H2,1H3,(H3,19,20,21);1H. The van der Waals surface area contributed by atoms with Crippen molar-refractivity contribution >= 4 is 58.8 Å². The molecule has 2 aromatic rings. The first-order valence-corrected chi connectivity index (χ1v) is 7.87. The summed E-state index contributed by atoms with van der Waals surface area (Å²) in [6.07, 6.45) is 0. The Hall–Kier alpha value is -1.58. The minimum Gasteiger partial charge on any atom is -0.370 e. The van der Waals surface area contributed by atoms with E-state index in [4.69, 9.17) is 28.9 Å². The number of nitro benzene ring substituents is 1. The van der Waals surface area contributed by atoms with E-state index in [0.29, 0.717) is 15.6 Å². The second kappa shape index (κ2) is 9.79. The first kappa shape index (κ1) is 21.5. The van der Waals surface area contributed by atoms with E-state index in [9.17, 15) is 10.1 Å².